The fraction of sp³-hybridized carbons (Fsp3) is 0. The molecule has 0 unspecified atom stereocenters. The molecule has 2 rings (SSSR count). The Balaban J connectivity index is 2.07. The van der Waals surface area contributed by atoms with Gasteiger partial charge >= 0.3 is 6.03 Å². The Morgan fingerprint density at radius 2 is 1.84 bits per heavy atom. The maximum atomic E-state index is 13.3. The van der Waals surface area contributed by atoms with E-state index < -0.39 is 17.7 Å². The van der Waals surface area contributed by atoms with Gasteiger partial charge in [-0.2, -0.15) is 0 Å². The lowest BCUT2D eigenvalue weighted by Gasteiger charge is -2.08. The fourth-order valence-corrected chi connectivity index (χ4v) is 1.46. The second kappa shape index (κ2) is 5.34. The number of amides is 2. The number of carbonyl (C=O) groups is 1. The average Bonchev–Trinajstić information content (AvgIpc) is 2.34. The SMILES string of the molecule is O=C(Nc1cccc(O)c1)Nc1cc(F)ccc1F. The maximum Gasteiger partial charge on any atom is 0.323 e. The van der Waals surface area contributed by atoms with Crippen molar-refractivity contribution in [2.45, 2.75) is 0 Å². The van der Waals surface area contributed by atoms with Crippen molar-refractivity contribution in [3.8, 4) is 5.75 Å². The molecule has 0 aliphatic carbocycles. The summed E-state index contributed by atoms with van der Waals surface area (Å²) in [6.45, 7) is 0. The summed E-state index contributed by atoms with van der Waals surface area (Å²) in [5.74, 6) is -1.42. The monoisotopic (exact) mass is 264 g/mol. The summed E-state index contributed by atoms with van der Waals surface area (Å²) in [6, 6.07) is 7.84. The highest BCUT2D eigenvalue weighted by molar-refractivity contribution is 5.99. The Hall–Kier alpha value is -2.63. The topological polar surface area (TPSA) is 61.4 Å². The summed E-state index contributed by atoms with van der Waals surface area (Å²) in [6.07, 6.45) is 0. The molecule has 6 heteroatoms. The molecule has 0 saturated carbocycles. The Labute approximate surface area is 107 Å². The molecular formula is C13H10F2N2O2. The minimum Gasteiger partial charge on any atom is -0.508 e. The van der Waals surface area contributed by atoms with E-state index in [2.05, 4.69) is 10.6 Å². The molecule has 19 heavy (non-hydrogen) atoms. The lowest BCUT2D eigenvalue weighted by Crippen LogP contribution is -2.20. The minimum atomic E-state index is -0.743. The second-order valence-corrected chi connectivity index (χ2v) is 3.75. The Morgan fingerprint density at radius 3 is 2.58 bits per heavy atom. The first-order valence-electron chi connectivity index (χ1n) is 5.37. The minimum absolute atomic E-state index is 0.0188. The fourth-order valence-electron chi connectivity index (χ4n) is 1.46. The van der Waals surface area contributed by atoms with Crippen LogP contribution in [0.2, 0.25) is 0 Å². The number of benzene rings is 2. The van der Waals surface area contributed by atoms with Crippen LogP contribution in [-0.4, -0.2) is 11.1 Å². The first-order chi connectivity index (χ1) is 9.04. The van der Waals surface area contributed by atoms with Gasteiger partial charge in [0.05, 0.1) is 5.69 Å². The van der Waals surface area contributed by atoms with Gasteiger partial charge in [-0.25, -0.2) is 13.6 Å². The molecule has 2 amide bonds. The smallest absolute Gasteiger partial charge is 0.323 e. The van der Waals surface area contributed by atoms with Crippen molar-refractivity contribution in [1.82, 2.24) is 0 Å². The number of urea groups is 1. The Kier molecular flexibility index (Phi) is 3.61. The molecule has 0 saturated heterocycles. The van der Waals surface area contributed by atoms with Gasteiger partial charge in [-0.05, 0) is 24.3 Å². The maximum absolute atomic E-state index is 13.3. The van der Waals surface area contributed by atoms with Crippen molar-refractivity contribution in [1.29, 1.82) is 0 Å². The van der Waals surface area contributed by atoms with Crippen LogP contribution in [0.3, 0.4) is 0 Å². The third kappa shape index (κ3) is 3.41. The molecule has 0 aliphatic heterocycles. The van der Waals surface area contributed by atoms with Gasteiger partial charge < -0.3 is 15.7 Å². The molecule has 4 nitrogen and oxygen atoms in total. The summed E-state index contributed by atoms with van der Waals surface area (Å²) >= 11 is 0. The van der Waals surface area contributed by atoms with E-state index in [0.29, 0.717) is 5.69 Å². The highest BCUT2D eigenvalue weighted by Gasteiger charge is 2.08. The number of hydrogen-bond acceptors (Lipinski definition) is 2. The Bertz CT molecular complexity index is 617. The molecule has 0 radical (unpaired) electrons. The summed E-state index contributed by atoms with van der Waals surface area (Å²) in [5, 5.41) is 13.8. The summed E-state index contributed by atoms with van der Waals surface area (Å²) in [5.41, 5.74) is 0.0620. The lowest BCUT2D eigenvalue weighted by molar-refractivity contribution is 0.262. The van der Waals surface area contributed by atoms with Crippen LogP contribution in [0.1, 0.15) is 0 Å². The van der Waals surface area contributed by atoms with Crippen molar-refractivity contribution < 1.29 is 18.7 Å². The number of hydrogen-bond donors (Lipinski definition) is 3. The van der Waals surface area contributed by atoms with Gasteiger partial charge in [0.2, 0.25) is 0 Å². The Morgan fingerprint density at radius 1 is 1.05 bits per heavy atom. The summed E-state index contributed by atoms with van der Waals surface area (Å²) < 4.78 is 26.2. The first kappa shape index (κ1) is 12.8. The molecule has 0 spiro atoms. The number of anilines is 2. The standard InChI is InChI=1S/C13H10F2N2O2/c14-8-4-5-11(15)12(6-8)17-13(19)16-9-2-1-3-10(18)7-9/h1-7,18H,(H2,16,17,19). The van der Waals surface area contributed by atoms with Crippen molar-refractivity contribution in [3.05, 3.63) is 54.1 Å². The number of halogens is 2. The molecule has 2 aromatic rings. The van der Waals surface area contributed by atoms with E-state index in [1.165, 1.54) is 18.2 Å². The predicted octanol–water partition coefficient (Wildman–Crippen LogP) is 3.31. The van der Waals surface area contributed by atoms with Crippen LogP contribution in [0.4, 0.5) is 25.0 Å². The molecule has 0 atom stereocenters. The molecule has 2 aromatic carbocycles. The van der Waals surface area contributed by atoms with Crippen molar-refractivity contribution >= 4 is 17.4 Å². The van der Waals surface area contributed by atoms with Crippen LogP contribution in [0, 0.1) is 11.6 Å². The first-order valence-corrected chi connectivity index (χ1v) is 5.37. The molecule has 0 aromatic heterocycles. The zero-order valence-electron chi connectivity index (χ0n) is 9.65. The van der Waals surface area contributed by atoms with Gasteiger partial charge in [0, 0.05) is 17.8 Å². The van der Waals surface area contributed by atoms with E-state index >= 15 is 0 Å². The van der Waals surface area contributed by atoms with Gasteiger partial charge in [-0.1, -0.05) is 6.07 Å². The molecular weight excluding hydrogens is 254 g/mol. The quantitative estimate of drug-likeness (QED) is 0.779. The highest BCUT2D eigenvalue weighted by Crippen LogP contribution is 2.18. The molecule has 0 aliphatic rings. The number of aromatic hydroxyl groups is 1. The van der Waals surface area contributed by atoms with E-state index in [0.717, 1.165) is 18.2 Å². The van der Waals surface area contributed by atoms with Crippen LogP contribution in [0.25, 0.3) is 0 Å². The van der Waals surface area contributed by atoms with Crippen LogP contribution in [-0.2, 0) is 0 Å². The van der Waals surface area contributed by atoms with E-state index in [4.69, 9.17) is 0 Å². The third-order valence-corrected chi connectivity index (χ3v) is 2.28. The van der Waals surface area contributed by atoms with E-state index in [9.17, 15) is 18.7 Å². The number of phenols is 1. The van der Waals surface area contributed by atoms with E-state index in [-0.39, 0.29) is 11.4 Å². The van der Waals surface area contributed by atoms with Crippen LogP contribution in [0.5, 0.6) is 5.75 Å². The van der Waals surface area contributed by atoms with Crippen LogP contribution in [0.15, 0.2) is 42.5 Å². The van der Waals surface area contributed by atoms with E-state index in [1.54, 1.807) is 6.07 Å². The molecule has 3 N–H and O–H groups in total. The van der Waals surface area contributed by atoms with Gasteiger partial charge in [0.25, 0.3) is 0 Å². The molecule has 0 bridgehead atoms. The second-order valence-electron chi connectivity index (χ2n) is 3.75. The summed E-state index contributed by atoms with van der Waals surface area (Å²) in [4.78, 5) is 11.6. The average molecular weight is 264 g/mol. The predicted molar refractivity (Wildman–Crippen MR) is 67.1 cm³/mol. The van der Waals surface area contributed by atoms with Crippen molar-refractivity contribution in [2.24, 2.45) is 0 Å². The van der Waals surface area contributed by atoms with Gasteiger partial charge in [-0.3, -0.25) is 0 Å². The molecule has 0 fully saturated rings. The zero-order chi connectivity index (χ0) is 13.8. The van der Waals surface area contributed by atoms with Gasteiger partial charge in [0.1, 0.15) is 17.4 Å². The molecule has 98 valence electrons. The lowest BCUT2D eigenvalue weighted by atomic mass is 10.3. The van der Waals surface area contributed by atoms with Gasteiger partial charge in [0.15, 0.2) is 0 Å². The van der Waals surface area contributed by atoms with Crippen molar-refractivity contribution in [3.63, 3.8) is 0 Å². The number of nitrogens with one attached hydrogen (secondary N) is 2. The largest absolute Gasteiger partial charge is 0.508 e. The summed E-state index contributed by atoms with van der Waals surface area (Å²) in [7, 11) is 0. The van der Waals surface area contributed by atoms with E-state index in [1.807, 2.05) is 0 Å². The van der Waals surface area contributed by atoms with Gasteiger partial charge in [-0.15, -0.1) is 0 Å². The van der Waals surface area contributed by atoms with Crippen LogP contribution >= 0.6 is 0 Å². The number of phenolic OH excluding ortho intramolecular Hbond substituents is 1. The normalized spacial score (nSPS) is 10.0. The number of rotatable bonds is 2. The van der Waals surface area contributed by atoms with Crippen molar-refractivity contribution in [2.75, 3.05) is 10.6 Å². The van der Waals surface area contributed by atoms with Crippen LogP contribution < -0.4 is 10.6 Å². The third-order valence-electron chi connectivity index (χ3n) is 2.28. The molecule has 0 heterocycles. The zero-order valence-corrected chi connectivity index (χ0v) is 9.65. The highest BCUT2D eigenvalue weighted by atomic mass is 19.1. The number of carbonyl (C=O) groups excluding carboxylic acids is 1.